The van der Waals surface area contributed by atoms with Gasteiger partial charge in [-0.1, -0.05) is 13.3 Å². The first-order valence-electron chi connectivity index (χ1n) is 6.25. The number of hydrogen-bond donors (Lipinski definition) is 3. The fourth-order valence-electron chi connectivity index (χ4n) is 1.49. The Morgan fingerprint density at radius 3 is 2.35 bits per heavy atom. The highest BCUT2D eigenvalue weighted by Crippen LogP contribution is 1.95. The first-order chi connectivity index (χ1) is 7.97. The van der Waals surface area contributed by atoms with Gasteiger partial charge in [-0.05, 0) is 20.3 Å². The van der Waals surface area contributed by atoms with E-state index in [4.69, 9.17) is 0 Å². The van der Waals surface area contributed by atoms with Gasteiger partial charge in [0.15, 0.2) is 0 Å². The molecule has 0 aliphatic heterocycles. The Kier molecular flexibility index (Phi) is 8.40. The van der Waals surface area contributed by atoms with Gasteiger partial charge in [-0.3, -0.25) is 9.59 Å². The summed E-state index contributed by atoms with van der Waals surface area (Å²) in [6.07, 6.45) is 2.05. The van der Waals surface area contributed by atoms with Crippen LogP contribution in [-0.4, -0.2) is 37.0 Å². The minimum atomic E-state index is -0.233. The number of rotatable bonds is 8. The van der Waals surface area contributed by atoms with Gasteiger partial charge in [-0.25, -0.2) is 0 Å². The Labute approximate surface area is 104 Å². The van der Waals surface area contributed by atoms with Crippen LogP contribution >= 0.6 is 0 Å². The third-order valence-electron chi connectivity index (χ3n) is 2.45. The van der Waals surface area contributed by atoms with Crippen LogP contribution in [0.3, 0.4) is 0 Å². The van der Waals surface area contributed by atoms with Crippen molar-refractivity contribution in [3.8, 4) is 0 Å². The third kappa shape index (κ3) is 8.68. The van der Waals surface area contributed by atoms with Crippen LogP contribution < -0.4 is 16.0 Å². The van der Waals surface area contributed by atoms with Crippen molar-refractivity contribution in [2.75, 3.05) is 13.1 Å². The van der Waals surface area contributed by atoms with Gasteiger partial charge >= 0.3 is 0 Å². The van der Waals surface area contributed by atoms with Gasteiger partial charge in [-0.15, -0.1) is 0 Å². The van der Waals surface area contributed by atoms with E-state index >= 15 is 0 Å². The summed E-state index contributed by atoms with van der Waals surface area (Å²) in [5.74, 6) is -0.0470. The molecule has 0 radical (unpaired) electrons. The Morgan fingerprint density at radius 2 is 1.82 bits per heavy atom. The molecule has 0 bridgehead atoms. The number of carbonyl (C=O) groups is 2. The molecule has 5 heteroatoms. The van der Waals surface area contributed by atoms with Crippen molar-refractivity contribution in [1.29, 1.82) is 0 Å². The van der Waals surface area contributed by atoms with Gasteiger partial charge in [0, 0.05) is 26.1 Å². The van der Waals surface area contributed by atoms with E-state index in [0.717, 1.165) is 12.8 Å². The molecule has 2 unspecified atom stereocenters. The average Bonchev–Trinajstić information content (AvgIpc) is 2.23. The molecule has 5 nitrogen and oxygen atoms in total. The smallest absolute Gasteiger partial charge is 0.237 e. The topological polar surface area (TPSA) is 70.2 Å². The van der Waals surface area contributed by atoms with E-state index in [1.807, 2.05) is 13.8 Å². The second-order valence-electron chi connectivity index (χ2n) is 4.36. The maximum absolute atomic E-state index is 11.7. The highest BCUT2D eigenvalue weighted by atomic mass is 16.2. The van der Waals surface area contributed by atoms with Crippen LogP contribution in [0.15, 0.2) is 0 Å². The lowest BCUT2D eigenvalue weighted by molar-refractivity contribution is -0.123. The Bertz CT molecular complexity index is 244. The molecule has 0 fully saturated rings. The van der Waals surface area contributed by atoms with E-state index in [2.05, 4.69) is 22.9 Å². The van der Waals surface area contributed by atoms with Crippen LogP contribution in [0.2, 0.25) is 0 Å². The largest absolute Gasteiger partial charge is 0.355 e. The van der Waals surface area contributed by atoms with Crippen LogP contribution in [0, 0.1) is 0 Å². The number of nitrogens with one attached hydrogen (secondary N) is 3. The average molecular weight is 243 g/mol. The van der Waals surface area contributed by atoms with Gasteiger partial charge in [0.1, 0.15) is 0 Å². The molecule has 3 N–H and O–H groups in total. The van der Waals surface area contributed by atoms with Gasteiger partial charge in [0.2, 0.25) is 11.8 Å². The summed E-state index contributed by atoms with van der Waals surface area (Å²) in [7, 11) is 0. The minimum Gasteiger partial charge on any atom is -0.355 e. The molecule has 2 amide bonds. The second kappa shape index (κ2) is 8.98. The molecule has 0 heterocycles. The molecule has 0 aliphatic carbocycles. The molecule has 0 aromatic heterocycles. The molecule has 0 saturated carbocycles. The predicted octanol–water partition coefficient (Wildman–Crippen LogP) is 0.405. The standard InChI is InChI=1S/C12H25N3O2/c1-5-6-9(2)15-12(17)10(3)13-7-8-14-11(4)16/h9-10,13H,5-8H2,1-4H3,(H,14,16)(H,15,17). The molecular weight excluding hydrogens is 218 g/mol. The summed E-state index contributed by atoms with van der Waals surface area (Å²) >= 11 is 0. The van der Waals surface area contributed by atoms with E-state index in [1.165, 1.54) is 6.92 Å². The Balaban J connectivity index is 3.70. The molecule has 0 spiro atoms. The molecule has 0 rings (SSSR count). The molecule has 0 aromatic rings. The zero-order valence-corrected chi connectivity index (χ0v) is 11.3. The van der Waals surface area contributed by atoms with Crippen LogP contribution in [-0.2, 0) is 9.59 Å². The fourth-order valence-corrected chi connectivity index (χ4v) is 1.49. The quantitative estimate of drug-likeness (QED) is 0.541. The predicted molar refractivity (Wildman–Crippen MR) is 68.7 cm³/mol. The number of carbonyl (C=O) groups excluding carboxylic acids is 2. The van der Waals surface area contributed by atoms with Crippen molar-refractivity contribution in [1.82, 2.24) is 16.0 Å². The SMILES string of the molecule is CCCC(C)NC(=O)C(C)NCCNC(C)=O. The monoisotopic (exact) mass is 243 g/mol. The fraction of sp³-hybridized carbons (Fsp3) is 0.833. The Morgan fingerprint density at radius 1 is 1.18 bits per heavy atom. The highest BCUT2D eigenvalue weighted by Gasteiger charge is 2.13. The van der Waals surface area contributed by atoms with Crippen molar-refractivity contribution in [3.63, 3.8) is 0 Å². The van der Waals surface area contributed by atoms with Crippen LogP contribution in [0.5, 0.6) is 0 Å². The maximum atomic E-state index is 11.7. The maximum Gasteiger partial charge on any atom is 0.237 e. The summed E-state index contributed by atoms with van der Waals surface area (Å²) in [4.78, 5) is 22.3. The lowest BCUT2D eigenvalue weighted by Crippen LogP contribution is -2.47. The lowest BCUT2D eigenvalue weighted by atomic mass is 10.2. The molecule has 2 atom stereocenters. The molecular formula is C12H25N3O2. The van der Waals surface area contributed by atoms with E-state index in [9.17, 15) is 9.59 Å². The van der Waals surface area contributed by atoms with Gasteiger partial charge < -0.3 is 16.0 Å². The van der Waals surface area contributed by atoms with E-state index in [-0.39, 0.29) is 23.9 Å². The summed E-state index contributed by atoms with van der Waals surface area (Å²) in [6.45, 7) is 8.53. The van der Waals surface area contributed by atoms with E-state index in [0.29, 0.717) is 13.1 Å². The molecule has 0 aromatic carbocycles. The van der Waals surface area contributed by atoms with Crippen LogP contribution in [0.25, 0.3) is 0 Å². The zero-order valence-electron chi connectivity index (χ0n) is 11.3. The number of amides is 2. The molecule has 100 valence electrons. The van der Waals surface area contributed by atoms with Crippen molar-refractivity contribution >= 4 is 11.8 Å². The van der Waals surface area contributed by atoms with Gasteiger partial charge in [0.05, 0.1) is 6.04 Å². The minimum absolute atomic E-state index is 0.00813. The van der Waals surface area contributed by atoms with Crippen LogP contribution in [0.4, 0.5) is 0 Å². The first kappa shape index (κ1) is 15.9. The zero-order chi connectivity index (χ0) is 13.3. The Hall–Kier alpha value is -1.10. The van der Waals surface area contributed by atoms with Gasteiger partial charge in [0.25, 0.3) is 0 Å². The normalized spacial score (nSPS) is 13.9. The van der Waals surface area contributed by atoms with Crippen molar-refractivity contribution < 1.29 is 9.59 Å². The van der Waals surface area contributed by atoms with E-state index < -0.39 is 0 Å². The van der Waals surface area contributed by atoms with Crippen molar-refractivity contribution in [2.24, 2.45) is 0 Å². The second-order valence-corrected chi connectivity index (χ2v) is 4.36. The molecule has 0 saturated heterocycles. The molecule has 0 aliphatic rings. The van der Waals surface area contributed by atoms with E-state index in [1.54, 1.807) is 0 Å². The van der Waals surface area contributed by atoms with Crippen LogP contribution in [0.1, 0.15) is 40.5 Å². The van der Waals surface area contributed by atoms with Crippen molar-refractivity contribution in [3.05, 3.63) is 0 Å². The summed E-state index contributed by atoms with van der Waals surface area (Å²) in [5, 5.41) is 8.67. The van der Waals surface area contributed by atoms with Gasteiger partial charge in [-0.2, -0.15) is 0 Å². The van der Waals surface area contributed by atoms with Crippen molar-refractivity contribution in [2.45, 2.75) is 52.6 Å². The molecule has 17 heavy (non-hydrogen) atoms. The lowest BCUT2D eigenvalue weighted by Gasteiger charge is -2.18. The summed E-state index contributed by atoms with van der Waals surface area (Å²) in [6, 6.07) is -0.0184. The first-order valence-corrected chi connectivity index (χ1v) is 6.25. The number of hydrogen-bond acceptors (Lipinski definition) is 3. The third-order valence-corrected chi connectivity index (χ3v) is 2.45. The highest BCUT2D eigenvalue weighted by molar-refractivity contribution is 5.81. The summed E-state index contributed by atoms with van der Waals surface area (Å²) in [5.41, 5.74) is 0. The summed E-state index contributed by atoms with van der Waals surface area (Å²) < 4.78 is 0.